The summed E-state index contributed by atoms with van der Waals surface area (Å²) in [4.78, 5) is 0. The molecule has 3 N–H and O–H groups in total. The van der Waals surface area contributed by atoms with Crippen molar-refractivity contribution in [2.24, 2.45) is 11.7 Å². The Morgan fingerprint density at radius 3 is 2.68 bits per heavy atom. The minimum atomic E-state index is -3.31. The first-order valence-electron chi connectivity index (χ1n) is 7.51. The van der Waals surface area contributed by atoms with Crippen LogP contribution in [0.4, 0.5) is 0 Å². The number of nitrogens with zero attached hydrogens (tertiary/aromatic N) is 1. The van der Waals surface area contributed by atoms with Crippen LogP contribution >= 0.6 is 0 Å². The Hall–Kier alpha value is -0.170. The number of nitrogens with one attached hydrogen (secondary N) is 1. The van der Waals surface area contributed by atoms with Crippen molar-refractivity contribution in [2.45, 2.75) is 64.0 Å². The molecular formula is C13H27N3O2S. The van der Waals surface area contributed by atoms with Gasteiger partial charge in [0, 0.05) is 25.2 Å². The summed E-state index contributed by atoms with van der Waals surface area (Å²) in [5.41, 5.74) is 5.94. The van der Waals surface area contributed by atoms with Crippen LogP contribution in [0.5, 0.6) is 0 Å². The van der Waals surface area contributed by atoms with Gasteiger partial charge in [0.2, 0.25) is 0 Å². The van der Waals surface area contributed by atoms with Crippen molar-refractivity contribution >= 4 is 10.2 Å². The van der Waals surface area contributed by atoms with Crippen molar-refractivity contribution in [3.05, 3.63) is 0 Å². The Morgan fingerprint density at radius 1 is 1.21 bits per heavy atom. The van der Waals surface area contributed by atoms with E-state index < -0.39 is 10.2 Å². The summed E-state index contributed by atoms with van der Waals surface area (Å²) in [7, 11) is -3.31. The Bertz CT molecular complexity index is 385. The number of nitrogens with two attached hydrogens (primary N) is 1. The molecule has 0 aromatic carbocycles. The van der Waals surface area contributed by atoms with Gasteiger partial charge in [-0.05, 0) is 44.9 Å². The summed E-state index contributed by atoms with van der Waals surface area (Å²) in [6, 6.07) is 0.372. The smallest absolute Gasteiger partial charge is 0.279 e. The zero-order valence-electron chi connectivity index (χ0n) is 11.8. The lowest BCUT2D eigenvalue weighted by Crippen LogP contribution is -2.49. The fourth-order valence-corrected chi connectivity index (χ4v) is 4.81. The molecule has 2 aliphatic rings. The van der Waals surface area contributed by atoms with Crippen LogP contribution in [0.25, 0.3) is 0 Å². The largest absolute Gasteiger partial charge is 0.328 e. The topological polar surface area (TPSA) is 75.4 Å². The average molecular weight is 289 g/mol. The lowest BCUT2D eigenvalue weighted by Gasteiger charge is -2.33. The highest BCUT2D eigenvalue weighted by Crippen LogP contribution is 2.23. The van der Waals surface area contributed by atoms with Crippen LogP contribution in [-0.4, -0.2) is 37.9 Å². The molecule has 3 unspecified atom stereocenters. The molecule has 0 radical (unpaired) electrons. The van der Waals surface area contributed by atoms with E-state index in [1.165, 1.54) is 0 Å². The molecule has 19 heavy (non-hydrogen) atoms. The van der Waals surface area contributed by atoms with Gasteiger partial charge in [-0.2, -0.15) is 12.7 Å². The van der Waals surface area contributed by atoms with E-state index in [1.54, 1.807) is 4.31 Å². The van der Waals surface area contributed by atoms with E-state index >= 15 is 0 Å². The van der Waals surface area contributed by atoms with E-state index in [9.17, 15) is 8.42 Å². The molecule has 1 aliphatic heterocycles. The Morgan fingerprint density at radius 2 is 2.00 bits per heavy atom. The fraction of sp³-hybridized carbons (Fsp3) is 1.00. The van der Waals surface area contributed by atoms with Gasteiger partial charge in [0.15, 0.2) is 0 Å². The molecule has 1 saturated heterocycles. The lowest BCUT2D eigenvalue weighted by molar-refractivity contribution is 0.261. The zero-order chi connectivity index (χ0) is 13.9. The number of hydrogen-bond donors (Lipinski definition) is 2. The van der Waals surface area contributed by atoms with Crippen molar-refractivity contribution in [3.8, 4) is 0 Å². The number of hydrogen-bond acceptors (Lipinski definition) is 3. The molecule has 3 atom stereocenters. The van der Waals surface area contributed by atoms with Gasteiger partial charge in [-0.15, -0.1) is 0 Å². The third-order valence-corrected chi connectivity index (χ3v) is 6.12. The first-order valence-corrected chi connectivity index (χ1v) is 8.95. The molecule has 6 heteroatoms. The quantitative estimate of drug-likeness (QED) is 0.817. The molecule has 0 spiro atoms. The fourth-order valence-electron chi connectivity index (χ4n) is 3.25. The van der Waals surface area contributed by atoms with E-state index in [4.69, 9.17) is 5.73 Å². The zero-order valence-corrected chi connectivity index (χ0v) is 12.7. The maximum Gasteiger partial charge on any atom is 0.279 e. The van der Waals surface area contributed by atoms with Gasteiger partial charge in [-0.3, -0.25) is 0 Å². The molecule has 0 aromatic heterocycles. The third-order valence-electron chi connectivity index (χ3n) is 4.43. The Balaban J connectivity index is 1.86. The lowest BCUT2D eigenvalue weighted by atomic mass is 9.86. The summed E-state index contributed by atoms with van der Waals surface area (Å²) in [5, 5.41) is 0. The summed E-state index contributed by atoms with van der Waals surface area (Å²) < 4.78 is 29.0. The summed E-state index contributed by atoms with van der Waals surface area (Å²) in [5.74, 6) is 0.402. The van der Waals surface area contributed by atoms with Gasteiger partial charge in [0.25, 0.3) is 10.2 Å². The molecule has 2 fully saturated rings. The van der Waals surface area contributed by atoms with E-state index in [0.717, 1.165) is 44.9 Å². The van der Waals surface area contributed by atoms with Crippen LogP contribution < -0.4 is 10.5 Å². The monoisotopic (exact) mass is 289 g/mol. The number of piperidine rings is 1. The molecule has 1 heterocycles. The van der Waals surface area contributed by atoms with Crippen molar-refractivity contribution in [1.82, 2.24) is 9.03 Å². The van der Waals surface area contributed by atoms with Gasteiger partial charge in [-0.25, -0.2) is 4.72 Å². The standard InChI is InChI=1S/C13H27N3O2S/c1-11-5-2-3-8-16(11)19(17,18)15-10-12-6-4-7-13(14)9-12/h11-13,15H,2-10,14H2,1H3. The molecule has 0 aromatic rings. The summed E-state index contributed by atoms with van der Waals surface area (Å²) in [6.45, 7) is 3.19. The highest BCUT2D eigenvalue weighted by atomic mass is 32.2. The molecule has 112 valence electrons. The van der Waals surface area contributed by atoms with Crippen molar-refractivity contribution in [3.63, 3.8) is 0 Å². The van der Waals surface area contributed by atoms with Gasteiger partial charge in [0.05, 0.1) is 0 Å². The van der Waals surface area contributed by atoms with Gasteiger partial charge >= 0.3 is 0 Å². The van der Waals surface area contributed by atoms with E-state index in [2.05, 4.69) is 4.72 Å². The molecule has 5 nitrogen and oxygen atoms in total. The Labute approximate surface area is 117 Å². The van der Waals surface area contributed by atoms with E-state index in [1.807, 2.05) is 6.92 Å². The predicted octanol–water partition coefficient (Wildman–Crippen LogP) is 1.21. The van der Waals surface area contributed by atoms with Gasteiger partial charge < -0.3 is 5.73 Å². The molecule has 0 amide bonds. The minimum absolute atomic E-state index is 0.125. The maximum absolute atomic E-state index is 12.3. The second-order valence-corrected chi connectivity index (χ2v) is 7.81. The molecule has 1 saturated carbocycles. The van der Waals surface area contributed by atoms with Crippen molar-refractivity contribution in [1.29, 1.82) is 0 Å². The van der Waals surface area contributed by atoms with Crippen LogP contribution in [0.3, 0.4) is 0 Å². The Kier molecular flexibility index (Phi) is 5.22. The SMILES string of the molecule is CC1CCCCN1S(=O)(=O)NCC1CCCC(N)C1. The normalized spacial score (nSPS) is 34.3. The van der Waals surface area contributed by atoms with E-state index in [0.29, 0.717) is 19.0 Å². The summed E-state index contributed by atoms with van der Waals surface area (Å²) in [6.07, 6.45) is 7.30. The van der Waals surface area contributed by atoms with Crippen molar-refractivity contribution in [2.75, 3.05) is 13.1 Å². The van der Waals surface area contributed by atoms with Crippen LogP contribution in [0, 0.1) is 5.92 Å². The minimum Gasteiger partial charge on any atom is -0.328 e. The molecule has 1 aliphatic carbocycles. The number of rotatable bonds is 4. The first-order chi connectivity index (χ1) is 8.99. The predicted molar refractivity (Wildman–Crippen MR) is 76.9 cm³/mol. The maximum atomic E-state index is 12.3. The molecular weight excluding hydrogens is 262 g/mol. The summed E-state index contributed by atoms with van der Waals surface area (Å²) >= 11 is 0. The highest BCUT2D eigenvalue weighted by molar-refractivity contribution is 7.87. The van der Waals surface area contributed by atoms with E-state index in [-0.39, 0.29) is 12.1 Å². The van der Waals surface area contributed by atoms with Crippen LogP contribution in [0.1, 0.15) is 51.9 Å². The third kappa shape index (κ3) is 4.15. The second-order valence-electron chi connectivity index (χ2n) is 6.10. The first kappa shape index (κ1) is 15.2. The van der Waals surface area contributed by atoms with Crippen molar-refractivity contribution < 1.29 is 8.42 Å². The van der Waals surface area contributed by atoms with Crippen LogP contribution in [-0.2, 0) is 10.2 Å². The second kappa shape index (κ2) is 6.52. The average Bonchev–Trinajstić information content (AvgIpc) is 2.37. The molecule has 0 bridgehead atoms. The van der Waals surface area contributed by atoms with Crippen LogP contribution in [0.15, 0.2) is 0 Å². The van der Waals surface area contributed by atoms with Gasteiger partial charge in [-0.1, -0.05) is 12.8 Å². The molecule has 2 rings (SSSR count). The highest BCUT2D eigenvalue weighted by Gasteiger charge is 2.30. The van der Waals surface area contributed by atoms with Gasteiger partial charge in [0.1, 0.15) is 0 Å². The van der Waals surface area contributed by atoms with Crippen LogP contribution in [0.2, 0.25) is 0 Å².